The molecule has 0 saturated heterocycles. The summed E-state index contributed by atoms with van der Waals surface area (Å²) in [5.74, 6) is 0.593. The average molecular weight is 374 g/mol. The Kier molecular flexibility index (Phi) is 7.68. The second-order valence-electron chi connectivity index (χ2n) is 8.36. The Morgan fingerprint density at radius 2 is 2.00 bits per heavy atom. The lowest BCUT2D eigenvalue weighted by atomic mass is 9.82. The van der Waals surface area contributed by atoms with Crippen LogP contribution in [0.3, 0.4) is 0 Å². The van der Waals surface area contributed by atoms with Gasteiger partial charge in [0.15, 0.2) is 0 Å². The molecule has 27 heavy (non-hydrogen) atoms. The number of carbonyl (C=O) groups is 1. The molecular formula is C22H35N3O2. The molecule has 1 saturated carbocycles. The normalized spacial score (nSPS) is 20.4. The van der Waals surface area contributed by atoms with Gasteiger partial charge in [0.2, 0.25) is 5.91 Å². The summed E-state index contributed by atoms with van der Waals surface area (Å²) in [4.78, 5) is 14.1. The maximum absolute atomic E-state index is 11.7. The van der Waals surface area contributed by atoms with Gasteiger partial charge in [-0.15, -0.1) is 0 Å². The van der Waals surface area contributed by atoms with Crippen LogP contribution in [0.2, 0.25) is 0 Å². The first kappa shape index (κ1) is 20.3. The van der Waals surface area contributed by atoms with E-state index in [2.05, 4.69) is 28.4 Å². The number of aryl methyl sites for hydroxylation is 1. The first-order valence-corrected chi connectivity index (χ1v) is 10.7. The van der Waals surface area contributed by atoms with Gasteiger partial charge in [-0.3, -0.25) is 9.69 Å². The largest absolute Gasteiger partial charge is 0.351 e. The van der Waals surface area contributed by atoms with Crippen molar-refractivity contribution in [2.75, 3.05) is 19.6 Å². The SMILES string of the molecule is C[C@@H](CN1CCCCc2cc(C3CCCCC3)ccc2C1)NC(=O)CNO. The van der Waals surface area contributed by atoms with Crippen molar-refractivity contribution in [1.82, 2.24) is 15.7 Å². The van der Waals surface area contributed by atoms with E-state index in [1.165, 1.54) is 62.5 Å². The van der Waals surface area contributed by atoms with Crippen LogP contribution in [0.1, 0.15) is 74.5 Å². The van der Waals surface area contributed by atoms with Gasteiger partial charge in [0.25, 0.3) is 0 Å². The molecule has 1 heterocycles. The number of hydrogen-bond donors (Lipinski definition) is 3. The molecule has 0 aromatic heterocycles. The minimum Gasteiger partial charge on any atom is -0.351 e. The fourth-order valence-corrected chi connectivity index (χ4v) is 4.68. The molecule has 0 radical (unpaired) electrons. The molecule has 1 aliphatic carbocycles. The number of nitrogens with one attached hydrogen (secondary N) is 2. The summed E-state index contributed by atoms with van der Waals surface area (Å²) >= 11 is 0. The number of hydroxylamine groups is 1. The van der Waals surface area contributed by atoms with Gasteiger partial charge in [0.05, 0.1) is 6.54 Å². The molecule has 3 rings (SSSR count). The van der Waals surface area contributed by atoms with Crippen molar-refractivity contribution in [3.8, 4) is 0 Å². The van der Waals surface area contributed by atoms with E-state index in [4.69, 9.17) is 5.21 Å². The van der Waals surface area contributed by atoms with E-state index in [0.29, 0.717) is 0 Å². The molecule has 5 heteroatoms. The Bertz CT molecular complexity index is 614. The van der Waals surface area contributed by atoms with Crippen molar-refractivity contribution in [2.45, 2.75) is 76.8 Å². The molecule has 5 nitrogen and oxygen atoms in total. The van der Waals surface area contributed by atoms with Gasteiger partial charge in [0.1, 0.15) is 0 Å². The standard InChI is InChI=1S/C22H35N3O2/c1-17(24-22(26)14-23-27)15-25-12-6-5-9-19-13-20(10-11-21(19)16-25)18-7-3-2-4-8-18/h10-11,13,17-18,23,27H,2-9,12,14-16H2,1H3,(H,24,26)/t17-/m0/s1. The van der Waals surface area contributed by atoms with E-state index >= 15 is 0 Å². The van der Waals surface area contributed by atoms with E-state index in [1.807, 2.05) is 12.4 Å². The molecule has 1 amide bonds. The number of fused-ring (bicyclic) bond motifs is 1. The Morgan fingerprint density at radius 3 is 2.78 bits per heavy atom. The second-order valence-corrected chi connectivity index (χ2v) is 8.36. The lowest BCUT2D eigenvalue weighted by Gasteiger charge is -2.30. The highest BCUT2D eigenvalue weighted by Gasteiger charge is 2.20. The van der Waals surface area contributed by atoms with Gasteiger partial charge in [0, 0.05) is 19.1 Å². The van der Waals surface area contributed by atoms with Crippen LogP contribution in [0.4, 0.5) is 0 Å². The molecule has 0 unspecified atom stereocenters. The molecule has 2 aliphatic rings. The predicted molar refractivity (Wildman–Crippen MR) is 108 cm³/mol. The zero-order valence-electron chi connectivity index (χ0n) is 16.7. The van der Waals surface area contributed by atoms with Crippen LogP contribution >= 0.6 is 0 Å². The summed E-state index contributed by atoms with van der Waals surface area (Å²) in [7, 11) is 0. The summed E-state index contributed by atoms with van der Waals surface area (Å²) < 4.78 is 0. The molecule has 1 fully saturated rings. The van der Waals surface area contributed by atoms with E-state index in [1.54, 1.807) is 5.56 Å². The third-order valence-corrected chi connectivity index (χ3v) is 6.05. The minimum absolute atomic E-state index is 0.0584. The number of carbonyl (C=O) groups excluding carboxylic acids is 1. The zero-order valence-corrected chi connectivity index (χ0v) is 16.7. The van der Waals surface area contributed by atoms with Crippen LogP contribution < -0.4 is 10.8 Å². The van der Waals surface area contributed by atoms with Crippen LogP contribution in [0.15, 0.2) is 18.2 Å². The van der Waals surface area contributed by atoms with Crippen molar-refractivity contribution < 1.29 is 10.0 Å². The van der Waals surface area contributed by atoms with Crippen LogP contribution in [0, 0.1) is 0 Å². The number of rotatable bonds is 6. The molecule has 0 bridgehead atoms. The topological polar surface area (TPSA) is 64.6 Å². The molecule has 0 spiro atoms. The Labute approximate surface area is 163 Å². The summed E-state index contributed by atoms with van der Waals surface area (Å²) in [6.07, 6.45) is 10.5. The highest BCUT2D eigenvalue weighted by Crippen LogP contribution is 2.34. The highest BCUT2D eigenvalue weighted by molar-refractivity contribution is 5.78. The van der Waals surface area contributed by atoms with Crippen molar-refractivity contribution in [1.29, 1.82) is 0 Å². The van der Waals surface area contributed by atoms with Crippen molar-refractivity contribution >= 4 is 5.91 Å². The van der Waals surface area contributed by atoms with Crippen LogP contribution in [-0.2, 0) is 17.8 Å². The fourth-order valence-electron chi connectivity index (χ4n) is 4.68. The average Bonchev–Trinajstić information content (AvgIpc) is 2.64. The number of amides is 1. The molecule has 1 atom stereocenters. The van der Waals surface area contributed by atoms with E-state index in [-0.39, 0.29) is 18.5 Å². The summed E-state index contributed by atoms with van der Waals surface area (Å²) in [6.45, 7) is 4.83. The quantitative estimate of drug-likeness (QED) is 0.669. The predicted octanol–water partition coefficient (Wildman–Crippen LogP) is 3.36. The first-order valence-electron chi connectivity index (χ1n) is 10.7. The maximum Gasteiger partial charge on any atom is 0.236 e. The number of hydrogen-bond acceptors (Lipinski definition) is 4. The van der Waals surface area contributed by atoms with Crippen LogP contribution in [0.25, 0.3) is 0 Å². The van der Waals surface area contributed by atoms with E-state index in [9.17, 15) is 4.79 Å². The Hall–Kier alpha value is -1.43. The van der Waals surface area contributed by atoms with Crippen molar-refractivity contribution in [3.63, 3.8) is 0 Å². The number of nitrogens with zero attached hydrogens (tertiary/aromatic N) is 1. The lowest BCUT2D eigenvalue weighted by molar-refractivity contribution is -0.122. The Morgan fingerprint density at radius 1 is 1.19 bits per heavy atom. The molecule has 150 valence electrons. The van der Waals surface area contributed by atoms with Gasteiger partial charge >= 0.3 is 0 Å². The third kappa shape index (κ3) is 6.03. The van der Waals surface area contributed by atoms with Crippen molar-refractivity contribution in [3.05, 3.63) is 34.9 Å². The van der Waals surface area contributed by atoms with Crippen LogP contribution in [-0.4, -0.2) is 41.7 Å². The summed E-state index contributed by atoms with van der Waals surface area (Å²) in [6, 6.07) is 7.28. The number of benzene rings is 1. The lowest BCUT2D eigenvalue weighted by Crippen LogP contribution is -2.44. The second kappa shape index (κ2) is 10.2. The van der Waals surface area contributed by atoms with Gasteiger partial charge in [-0.1, -0.05) is 37.5 Å². The van der Waals surface area contributed by atoms with E-state index < -0.39 is 0 Å². The smallest absolute Gasteiger partial charge is 0.236 e. The van der Waals surface area contributed by atoms with Gasteiger partial charge in [-0.05, 0) is 68.2 Å². The monoisotopic (exact) mass is 373 g/mol. The van der Waals surface area contributed by atoms with Crippen molar-refractivity contribution in [2.24, 2.45) is 0 Å². The molecule has 1 aromatic rings. The zero-order chi connectivity index (χ0) is 19.1. The highest BCUT2D eigenvalue weighted by atomic mass is 16.5. The first-order chi connectivity index (χ1) is 13.2. The molecular weight excluding hydrogens is 338 g/mol. The molecule has 1 aromatic carbocycles. The Balaban J connectivity index is 1.63. The van der Waals surface area contributed by atoms with E-state index in [0.717, 1.165) is 25.6 Å². The molecule has 3 N–H and O–H groups in total. The summed E-state index contributed by atoms with van der Waals surface area (Å²) in [5.41, 5.74) is 6.45. The minimum atomic E-state index is -0.172. The van der Waals surface area contributed by atoms with Gasteiger partial charge in [-0.2, -0.15) is 5.48 Å². The fraction of sp³-hybridized carbons (Fsp3) is 0.682. The summed E-state index contributed by atoms with van der Waals surface area (Å²) in [5, 5.41) is 11.6. The maximum atomic E-state index is 11.7. The van der Waals surface area contributed by atoms with Crippen LogP contribution in [0.5, 0.6) is 0 Å². The van der Waals surface area contributed by atoms with Gasteiger partial charge in [-0.25, -0.2) is 0 Å². The molecule has 1 aliphatic heterocycles. The van der Waals surface area contributed by atoms with Gasteiger partial charge < -0.3 is 10.5 Å². The third-order valence-electron chi connectivity index (χ3n) is 6.05.